The van der Waals surface area contributed by atoms with E-state index in [2.05, 4.69) is 34.7 Å². The highest BCUT2D eigenvalue weighted by Gasteiger charge is 2.29. The fourth-order valence-electron chi connectivity index (χ4n) is 4.97. The smallest absolute Gasteiger partial charge is 0.268 e. The summed E-state index contributed by atoms with van der Waals surface area (Å²) in [7, 11) is 0. The number of nitrogens with one attached hydrogen (secondary N) is 3. The summed E-state index contributed by atoms with van der Waals surface area (Å²) >= 11 is 0. The van der Waals surface area contributed by atoms with Crippen molar-refractivity contribution in [2.45, 2.75) is 64.6 Å². The molecule has 0 aliphatic heterocycles. The van der Waals surface area contributed by atoms with Gasteiger partial charge in [0.05, 0.1) is 12.1 Å². The second kappa shape index (κ2) is 11.8. The van der Waals surface area contributed by atoms with Gasteiger partial charge in [0.2, 0.25) is 0 Å². The van der Waals surface area contributed by atoms with Gasteiger partial charge in [0.15, 0.2) is 5.78 Å². The van der Waals surface area contributed by atoms with Crippen LogP contribution in [0.3, 0.4) is 0 Å². The number of halogens is 2. The zero-order valence-corrected chi connectivity index (χ0v) is 21.2. The number of hydrogen-bond donors (Lipinski definition) is 4. The molecule has 4 N–H and O–H groups in total. The van der Waals surface area contributed by atoms with E-state index < -0.39 is 29.7 Å². The number of H-pyrrole nitrogens is 1. The van der Waals surface area contributed by atoms with E-state index in [1.165, 1.54) is 17.7 Å². The van der Waals surface area contributed by atoms with Crippen LogP contribution in [0.2, 0.25) is 0 Å². The standard InChI is InChI=1S/C29H33F2N3O3/c1-3-18-6-4-7-19(10-18)15-32-16-26(36)24(13-20-11-21(30)14-22(31)12-20)34-29(37)28-17(2)27-23(33-28)8-5-9-25(27)35/h4,6-7,10-12,14,24,26,32-33,36H,3,5,8-9,13,15-16H2,1-2H3,(H,34,37)/t24-,26+/m0/s1. The molecule has 1 aliphatic rings. The molecule has 6 nitrogen and oxygen atoms in total. The van der Waals surface area contributed by atoms with Crippen molar-refractivity contribution >= 4 is 11.7 Å². The minimum Gasteiger partial charge on any atom is -0.390 e. The molecule has 3 aromatic rings. The predicted octanol–water partition coefficient (Wildman–Crippen LogP) is 4.17. The Morgan fingerprint density at radius 1 is 1.08 bits per heavy atom. The summed E-state index contributed by atoms with van der Waals surface area (Å²) in [4.78, 5) is 28.7. The molecule has 0 fully saturated rings. The van der Waals surface area contributed by atoms with Gasteiger partial charge in [-0.15, -0.1) is 0 Å². The number of aromatic amines is 1. The molecule has 0 unspecified atom stereocenters. The lowest BCUT2D eigenvalue weighted by Gasteiger charge is -2.25. The Kier molecular flexibility index (Phi) is 8.51. The molecule has 1 heterocycles. The Hall–Kier alpha value is -3.36. The predicted molar refractivity (Wildman–Crippen MR) is 138 cm³/mol. The molecule has 37 heavy (non-hydrogen) atoms. The molecule has 1 aliphatic carbocycles. The minimum absolute atomic E-state index is 0.0113. The highest BCUT2D eigenvalue weighted by atomic mass is 19.1. The van der Waals surface area contributed by atoms with Crippen LogP contribution in [0.4, 0.5) is 8.78 Å². The van der Waals surface area contributed by atoms with Crippen LogP contribution >= 0.6 is 0 Å². The number of aromatic nitrogens is 1. The second-order valence-electron chi connectivity index (χ2n) is 9.69. The maximum Gasteiger partial charge on any atom is 0.268 e. The number of rotatable bonds is 10. The third-order valence-corrected chi connectivity index (χ3v) is 6.91. The molecule has 2 aromatic carbocycles. The van der Waals surface area contributed by atoms with Crippen LogP contribution in [0.1, 0.15) is 68.6 Å². The number of aliphatic hydroxyl groups excluding tert-OH is 1. The molecular weight excluding hydrogens is 476 g/mol. The fraction of sp³-hybridized carbons (Fsp3) is 0.379. The fourth-order valence-corrected chi connectivity index (χ4v) is 4.97. The average molecular weight is 510 g/mol. The van der Waals surface area contributed by atoms with Gasteiger partial charge in [0.25, 0.3) is 5.91 Å². The van der Waals surface area contributed by atoms with E-state index in [9.17, 15) is 23.5 Å². The number of amides is 1. The second-order valence-corrected chi connectivity index (χ2v) is 9.69. The number of benzene rings is 2. The lowest BCUT2D eigenvalue weighted by atomic mass is 9.93. The molecule has 1 aromatic heterocycles. The van der Waals surface area contributed by atoms with Gasteiger partial charge >= 0.3 is 0 Å². The number of fused-ring (bicyclic) bond motifs is 1. The summed E-state index contributed by atoms with van der Waals surface area (Å²) in [6, 6.07) is 10.4. The molecule has 8 heteroatoms. The van der Waals surface area contributed by atoms with Crippen molar-refractivity contribution in [1.29, 1.82) is 0 Å². The van der Waals surface area contributed by atoms with Crippen LogP contribution in [0.15, 0.2) is 42.5 Å². The van der Waals surface area contributed by atoms with Gasteiger partial charge in [0, 0.05) is 36.8 Å². The highest BCUT2D eigenvalue weighted by molar-refractivity contribution is 6.04. The maximum atomic E-state index is 13.8. The van der Waals surface area contributed by atoms with Crippen LogP contribution in [0.25, 0.3) is 0 Å². The summed E-state index contributed by atoms with van der Waals surface area (Å²) in [5.74, 6) is -1.92. The van der Waals surface area contributed by atoms with Gasteiger partial charge in [-0.2, -0.15) is 0 Å². The van der Waals surface area contributed by atoms with Gasteiger partial charge in [-0.25, -0.2) is 8.78 Å². The summed E-state index contributed by atoms with van der Waals surface area (Å²) in [6.45, 7) is 4.48. The van der Waals surface area contributed by atoms with Gasteiger partial charge in [-0.05, 0) is 67.0 Å². The zero-order valence-electron chi connectivity index (χ0n) is 21.2. The van der Waals surface area contributed by atoms with Crippen molar-refractivity contribution in [2.75, 3.05) is 6.54 Å². The zero-order chi connectivity index (χ0) is 26.5. The van der Waals surface area contributed by atoms with E-state index in [1.807, 2.05) is 12.1 Å². The van der Waals surface area contributed by atoms with E-state index in [-0.39, 0.29) is 24.4 Å². The number of carbonyl (C=O) groups excluding carboxylic acids is 2. The third kappa shape index (κ3) is 6.50. The van der Waals surface area contributed by atoms with Crippen LogP contribution in [-0.2, 0) is 25.8 Å². The molecule has 0 saturated carbocycles. The molecule has 4 rings (SSSR count). The molecule has 1 amide bonds. The number of aliphatic hydroxyl groups is 1. The Bertz CT molecular complexity index is 1270. The number of carbonyl (C=O) groups is 2. The van der Waals surface area contributed by atoms with Crippen molar-refractivity contribution in [3.63, 3.8) is 0 Å². The number of hydrogen-bond acceptors (Lipinski definition) is 4. The number of Topliss-reactive ketones (excluding diaryl/α,β-unsaturated/α-hetero) is 1. The van der Waals surface area contributed by atoms with E-state index in [0.29, 0.717) is 36.1 Å². The summed E-state index contributed by atoms with van der Waals surface area (Å²) in [5.41, 5.74) is 4.76. The number of aryl methyl sites for hydroxylation is 2. The number of ketones is 1. The van der Waals surface area contributed by atoms with Crippen molar-refractivity contribution in [3.8, 4) is 0 Å². The third-order valence-electron chi connectivity index (χ3n) is 6.91. The van der Waals surface area contributed by atoms with Gasteiger partial charge in [-0.1, -0.05) is 31.2 Å². The van der Waals surface area contributed by atoms with Crippen LogP contribution in [-0.4, -0.2) is 40.5 Å². The van der Waals surface area contributed by atoms with Crippen LogP contribution in [0.5, 0.6) is 0 Å². The van der Waals surface area contributed by atoms with Crippen LogP contribution in [0, 0.1) is 18.6 Å². The van der Waals surface area contributed by atoms with Gasteiger partial charge in [0.1, 0.15) is 17.3 Å². The first-order chi connectivity index (χ1) is 17.7. The first-order valence-electron chi connectivity index (χ1n) is 12.7. The first kappa shape index (κ1) is 26.7. The Morgan fingerprint density at radius 3 is 2.51 bits per heavy atom. The molecule has 0 saturated heterocycles. The average Bonchev–Trinajstić information content (AvgIpc) is 3.20. The Balaban J connectivity index is 1.50. The monoisotopic (exact) mass is 509 g/mol. The first-order valence-corrected chi connectivity index (χ1v) is 12.7. The lowest BCUT2D eigenvalue weighted by molar-refractivity contribution is 0.0825. The molecule has 0 bridgehead atoms. The van der Waals surface area contributed by atoms with E-state index in [0.717, 1.165) is 30.2 Å². The van der Waals surface area contributed by atoms with E-state index in [4.69, 9.17) is 0 Å². The van der Waals surface area contributed by atoms with Crippen molar-refractivity contribution in [3.05, 3.63) is 93.3 Å². The Morgan fingerprint density at radius 2 is 1.81 bits per heavy atom. The molecular formula is C29H33F2N3O3. The summed E-state index contributed by atoms with van der Waals surface area (Å²) in [6.07, 6.45) is 1.76. The molecule has 2 atom stereocenters. The van der Waals surface area contributed by atoms with Gasteiger partial charge in [-0.3, -0.25) is 9.59 Å². The normalized spacial score (nSPS) is 14.8. The quantitative estimate of drug-likeness (QED) is 0.330. The largest absolute Gasteiger partial charge is 0.390 e. The SMILES string of the molecule is CCc1cccc(CNC[C@@H](O)[C@H](Cc2cc(F)cc(F)c2)NC(=O)c2[nH]c3c(c2C)C(=O)CCC3)c1. The maximum absolute atomic E-state index is 13.8. The van der Waals surface area contributed by atoms with Crippen molar-refractivity contribution < 1.29 is 23.5 Å². The molecule has 0 radical (unpaired) electrons. The van der Waals surface area contributed by atoms with Gasteiger partial charge < -0.3 is 20.7 Å². The lowest BCUT2D eigenvalue weighted by Crippen LogP contribution is -2.49. The van der Waals surface area contributed by atoms with Crippen molar-refractivity contribution in [2.24, 2.45) is 0 Å². The topological polar surface area (TPSA) is 94.2 Å². The summed E-state index contributed by atoms with van der Waals surface area (Å²) in [5, 5.41) is 17.1. The molecule has 196 valence electrons. The van der Waals surface area contributed by atoms with E-state index >= 15 is 0 Å². The van der Waals surface area contributed by atoms with Crippen LogP contribution < -0.4 is 10.6 Å². The highest BCUT2D eigenvalue weighted by Crippen LogP contribution is 2.26. The van der Waals surface area contributed by atoms with Crippen molar-refractivity contribution in [1.82, 2.24) is 15.6 Å². The minimum atomic E-state index is -1.05. The Labute approximate surface area is 215 Å². The van der Waals surface area contributed by atoms with E-state index in [1.54, 1.807) is 6.92 Å². The molecule has 0 spiro atoms. The summed E-state index contributed by atoms with van der Waals surface area (Å²) < 4.78 is 27.7.